The van der Waals surface area contributed by atoms with Crippen LogP contribution < -0.4 is 5.32 Å². The van der Waals surface area contributed by atoms with E-state index in [9.17, 15) is 19.7 Å². The van der Waals surface area contributed by atoms with E-state index in [1.54, 1.807) is 6.92 Å². The second-order valence-corrected chi connectivity index (χ2v) is 5.27. The molecule has 1 aromatic rings. The lowest BCUT2D eigenvalue weighted by Gasteiger charge is -2.13. The summed E-state index contributed by atoms with van der Waals surface area (Å²) in [5.74, 6) is -1.67. The van der Waals surface area contributed by atoms with E-state index in [1.165, 1.54) is 18.2 Å². The molecule has 0 radical (unpaired) electrons. The fourth-order valence-corrected chi connectivity index (χ4v) is 2.57. The third-order valence-corrected chi connectivity index (χ3v) is 3.79. The lowest BCUT2D eigenvalue weighted by atomic mass is 10.1. The molecule has 0 heterocycles. The summed E-state index contributed by atoms with van der Waals surface area (Å²) in [4.78, 5) is 33.3. The second-order valence-electron chi connectivity index (χ2n) is 5.27. The fourth-order valence-electron chi connectivity index (χ4n) is 2.57. The van der Waals surface area contributed by atoms with Crippen LogP contribution in [0.2, 0.25) is 0 Å². The molecule has 2 N–H and O–H groups in total. The number of aliphatic carboxylic acids is 1. The van der Waals surface area contributed by atoms with Gasteiger partial charge in [0.15, 0.2) is 0 Å². The molecule has 0 saturated heterocycles. The van der Waals surface area contributed by atoms with Gasteiger partial charge in [-0.1, -0.05) is 6.07 Å². The lowest BCUT2D eigenvalue weighted by molar-refractivity contribution is -0.384. The highest BCUT2D eigenvalue weighted by atomic mass is 16.6. The first-order chi connectivity index (χ1) is 9.88. The number of nitrogens with one attached hydrogen (secondary N) is 1. The van der Waals surface area contributed by atoms with E-state index in [2.05, 4.69) is 5.32 Å². The molecule has 0 aliphatic heterocycles. The zero-order valence-electron chi connectivity index (χ0n) is 11.5. The van der Waals surface area contributed by atoms with E-state index in [4.69, 9.17) is 5.11 Å². The number of nitro groups is 1. The van der Waals surface area contributed by atoms with Crippen molar-refractivity contribution in [3.8, 4) is 0 Å². The van der Waals surface area contributed by atoms with Crippen molar-refractivity contribution in [3.05, 3.63) is 39.4 Å². The lowest BCUT2D eigenvalue weighted by Crippen LogP contribution is -2.33. The number of amides is 1. The van der Waals surface area contributed by atoms with Crippen LogP contribution in [0.15, 0.2) is 18.2 Å². The van der Waals surface area contributed by atoms with Crippen molar-refractivity contribution in [1.29, 1.82) is 0 Å². The molecule has 1 saturated carbocycles. The largest absolute Gasteiger partial charge is 0.481 e. The Balaban J connectivity index is 2.09. The minimum Gasteiger partial charge on any atom is -0.481 e. The Bertz CT molecular complexity index is 599. The van der Waals surface area contributed by atoms with Gasteiger partial charge in [-0.15, -0.1) is 0 Å². The summed E-state index contributed by atoms with van der Waals surface area (Å²) in [7, 11) is 0. The van der Waals surface area contributed by atoms with Gasteiger partial charge in [-0.3, -0.25) is 19.7 Å². The quantitative estimate of drug-likeness (QED) is 0.650. The van der Waals surface area contributed by atoms with Crippen LogP contribution in [0.25, 0.3) is 0 Å². The maximum Gasteiger partial charge on any atom is 0.306 e. The number of non-ortho nitro benzene ring substituents is 1. The molecule has 7 nitrogen and oxygen atoms in total. The van der Waals surface area contributed by atoms with E-state index in [0.29, 0.717) is 24.8 Å². The van der Waals surface area contributed by atoms with Crippen molar-refractivity contribution >= 4 is 17.6 Å². The molecule has 2 atom stereocenters. The van der Waals surface area contributed by atoms with Crippen LogP contribution >= 0.6 is 0 Å². The van der Waals surface area contributed by atoms with E-state index in [1.807, 2.05) is 0 Å². The normalized spacial score (nSPS) is 21.0. The summed E-state index contributed by atoms with van der Waals surface area (Å²) >= 11 is 0. The van der Waals surface area contributed by atoms with Gasteiger partial charge in [0.2, 0.25) is 0 Å². The van der Waals surface area contributed by atoms with E-state index in [0.717, 1.165) is 0 Å². The van der Waals surface area contributed by atoms with Gasteiger partial charge in [-0.05, 0) is 31.7 Å². The van der Waals surface area contributed by atoms with Crippen molar-refractivity contribution < 1.29 is 19.6 Å². The SMILES string of the molecule is Cc1ccc([N+](=O)[O-])cc1C(=O)N[C@H]1CC[C@@H](C(=O)O)C1. The zero-order valence-corrected chi connectivity index (χ0v) is 11.5. The Morgan fingerprint density at radius 1 is 1.38 bits per heavy atom. The Morgan fingerprint density at radius 3 is 2.67 bits per heavy atom. The van der Waals surface area contributed by atoms with Gasteiger partial charge < -0.3 is 10.4 Å². The summed E-state index contributed by atoms with van der Waals surface area (Å²) in [5.41, 5.74) is 0.759. The molecule has 0 unspecified atom stereocenters. The average Bonchev–Trinajstić information content (AvgIpc) is 2.87. The van der Waals surface area contributed by atoms with Crippen LogP contribution in [0.1, 0.15) is 35.2 Å². The minimum absolute atomic E-state index is 0.138. The molecule has 0 aromatic heterocycles. The highest BCUT2D eigenvalue weighted by Crippen LogP contribution is 2.26. The number of hydrogen-bond donors (Lipinski definition) is 2. The number of nitrogens with zero attached hydrogens (tertiary/aromatic N) is 1. The summed E-state index contributed by atoms with van der Waals surface area (Å²) in [5, 5.41) is 22.5. The summed E-state index contributed by atoms with van der Waals surface area (Å²) in [6.07, 6.45) is 1.54. The van der Waals surface area contributed by atoms with Gasteiger partial charge in [-0.2, -0.15) is 0 Å². The number of aryl methyl sites for hydroxylation is 1. The molecule has 2 rings (SSSR count). The first-order valence-corrected chi connectivity index (χ1v) is 6.67. The molecule has 1 fully saturated rings. The van der Waals surface area contributed by atoms with Gasteiger partial charge >= 0.3 is 5.97 Å². The van der Waals surface area contributed by atoms with Crippen LogP contribution in [0.3, 0.4) is 0 Å². The number of carbonyl (C=O) groups excluding carboxylic acids is 1. The highest BCUT2D eigenvalue weighted by Gasteiger charge is 2.31. The van der Waals surface area contributed by atoms with Crippen LogP contribution in [0.4, 0.5) is 5.69 Å². The van der Waals surface area contributed by atoms with E-state index in [-0.39, 0.29) is 17.3 Å². The second kappa shape index (κ2) is 5.90. The Morgan fingerprint density at radius 2 is 2.10 bits per heavy atom. The summed E-state index contributed by atoms with van der Waals surface area (Å²) in [6, 6.07) is 3.93. The van der Waals surface area contributed by atoms with E-state index < -0.39 is 22.7 Å². The molecule has 112 valence electrons. The van der Waals surface area contributed by atoms with Crippen molar-refractivity contribution in [2.75, 3.05) is 0 Å². The van der Waals surface area contributed by atoms with Gasteiger partial charge in [0.25, 0.3) is 11.6 Å². The van der Waals surface area contributed by atoms with Crippen molar-refractivity contribution in [2.45, 2.75) is 32.2 Å². The highest BCUT2D eigenvalue weighted by molar-refractivity contribution is 5.96. The number of carboxylic acid groups (broad SMARTS) is 1. The molecule has 0 bridgehead atoms. The van der Waals surface area contributed by atoms with Crippen LogP contribution in [-0.2, 0) is 4.79 Å². The molecule has 1 aromatic carbocycles. The van der Waals surface area contributed by atoms with Gasteiger partial charge in [0, 0.05) is 23.7 Å². The smallest absolute Gasteiger partial charge is 0.306 e. The predicted molar refractivity (Wildman–Crippen MR) is 74.1 cm³/mol. The molecule has 7 heteroatoms. The molecular weight excluding hydrogens is 276 g/mol. The summed E-state index contributed by atoms with van der Waals surface area (Å²) < 4.78 is 0. The molecule has 1 aliphatic rings. The minimum atomic E-state index is -0.849. The van der Waals surface area contributed by atoms with Crippen molar-refractivity contribution in [3.63, 3.8) is 0 Å². The molecule has 1 amide bonds. The van der Waals surface area contributed by atoms with Crippen molar-refractivity contribution in [2.24, 2.45) is 5.92 Å². The fraction of sp³-hybridized carbons (Fsp3) is 0.429. The third-order valence-electron chi connectivity index (χ3n) is 3.79. The molecule has 0 spiro atoms. The Kier molecular flexibility index (Phi) is 4.21. The molecular formula is C14H16N2O5. The summed E-state index contributed by atoms with van der Waals surface area (Å²) in [6.45, 7) is 1.70. The van der Waals surface area contributed by atoms with Gasteiger partial charge in [0.05, 0.1) is 10.8 Å². The molecule has 1 aliphatic carbocycles. The first-order valence-electron chi connectivity index (χ1n) is 6.67. The number of rotatable bonds is 4. The van der Waals surface area contributed by atoms with Gasteiger partial charge in [-0.25, -0.2) is 0 Å². The topological polar surface area (TPSA) is 110 Å². The van der Waals surface area contributed by atoms with E-state index >= 15 is 0 Å². The third kappa shape index (κ3) is 3.36. The number of nitro benzene ring substituents is 1. The monoisotopic (exact) mass is 292 g/mol. The first kappa shape index (κ1) is 15.0. The number of carbonyl (C=O) groups is 2. The number of benzene rings is 1. The average molecular weight is 292 g/mol. The zero-order chi connectivity index (χ0) is 15.6. The van der Waals surface area contributed by atoms with Gasteiger partial charge in [0.1, 0.15) is 0 Å². The van der Waals surface area contributed by atoms with Crippen LogP contribution in [0, 0.1) is 23.0 Å². The van der Waals surface area contributed by atoms with Crippen LogP contribution in [0.5, 0.6) is 0 Å². The number of carboxylic acids is 1. The predicted octanol–water partition coefficient (Wildman–Crippen LogP) is 1.89. The standard InChI is InChI=1S/C14H16N2O5/c1-8-2-5-11(16(20)21)7-12(8)13(17)15-10-4-3-9(6-10)14(18)19/h2,5,7,9-10H,3-4,6H2,1H3,(H,15,17)(H,18,19)/t9-,10+/m1/s1. The number of hydrogen-bond acceptors (Lipinski definition) is 4. The van der Waals surface area contributed by atoms with Crippen molar-refractivity contribution in [1.82, 2.24) is 5.32 Å². The maximum absolute atomic E-state index is 12.2. The Hall–Kier alpha value is -2.44. The maximum atomic E-state index is 12.2. The Labute approximate surface area is 121 Å². The molecule has 21 heavy (non-hydrogen) atoms. The van der Waals surface area contributed by atoms with Crippen LogP contribution in [-0.4, -0.2) is 27.9 Å².